The Hall–Kier alpha value is -3.56. The Balaban J connectivity index is 1.80. The molecule has 30 heavy (non-hydrogen) atoms. The summed E-state index contributed by atoms with van der Waals surface area (Å²) in [5.41, 5.74) is -1.28. The summed E-state index contributed by atoms with van der Waals surface area (Å²) >= 11 is 0. The Morgan fingerprint density at radius 3 is 1.37 bits per heavy atom. The molecule has 0 radical (unpaired) electrons. The number of hydrogen-bond donors (Lipinski definition) is 0. The van der Waals surface area contributed by atoms with E-state index in [1.54, 1.807) is 0 Å². The van der Waals surface area contributed by atoms with Gasteiger partial charge in [-0.15, -0.1) is 0 Å². The third-order valence-electron chi connectivity index (χ3n) is 4.38. The molecule has 0 aliphatic heterocycles. The molecular weight excluding hydrogens is 410 g/mol. The van der Waals surface area contributed by atoms with Gasteiger partial charge < -0.3 is 0 Å². The van der Waals surface area contributed by atoms with Gasteiger partial charge in [-0.1, -0.05) is 12.1 Å². The van der Waals surface area contributed by atoms with Crippen molar-refractivity contribution in [3.05, 3.63) is 84.4 Å². The summed E-state index contributed by atoms with van der Waals surface area (Å²) < 4.78 is 81.2. The number of alkyl halides is 6. The summed E-state index contributed by atoms with van der Waals surface area (Å²) in [6.45, 7) is 0. The van der Waals surface area contributed by atoms with Crippen molar-refractivity contribution >= 4 is 0 Å². The Morgan fingerprint density at radius 1 is 0.600 bits per heavy atom. The second-order valence-corrected chi connectivity index (χ2v) is 6.34. The van der Waals surface area contributed by atoms with Crippen molar-refractivity contribution in [1.29, 1.82) is 0 Å². The van der Waals surface area contributed by atoms with Crippen molar-refractivity contribution in [2.24, 2.45) is 0 Å². The Morgan fingerprint density at radius 2 is 1.00 bits per heavy atom. The first-order valence-electron chi connectivity index (χ1n) is 8.57. The molecule has 0 atom stereocenters. The molecule has 4 aromatic rings. The molecule has 2 heterocycles. The first-order chi connectivity index (χ1) is 14.1. The van der Waals surface area contributed by atoms with Gasteiger partial charge in [-0.2, -0.15) is 26.3 Å². The molecule has 0 amide bonds. The molecule has 0 unspecified atom stereocenters. The van der Waals surface area contributed by atoms with Gasteiger partial charge in [0.25, 0.3) is 0 Å². The van der Waals surface area contributed by atoms with Crippen molar-refractivity contribution in [2.75, 3.05) is 0 Å². The summed E-state index contributed by atoms with van der Waals surface area (Å²) in [4.78, 5) is 8.32. The molecular formula is C20H12F6N4. The van der Waals surface area contributed by atoms with Gasteiger partial charge in [-0.25, -0.2) is 9.97 Å². The first kappa shape index (κ1) is 19.7. The van der Waals surface area contributed by atoms with Crippen LogP contribution in [0.15, 0.2) is 73.3 Å². The van der Waals surface area contributed by atoms with Crippen LogP contribution in [0.5, 0.6) is 0 Å². The number of imidazole rings is 2. The summed E-state index contributed by atoms with van der Waals surface area (Å²) in [6.07, 6.45) is -3.38. The van der Waals surface area contributed by atoms with E-state index in [-0.39, 0.29) is 23.0 Å². The zero-order chi connectivity index (χ0) is 21.5. The molecule has 0 bridgehead atoms. The van der Waals surface area contributed by atoms with Crippen LogP contribution >= 0.6 is 0 Å². The fourth-order valence-corrected chi connectivity index (χ4v) is 3.02. The van der Waals surface area contributed by atoms with Gasteiger partial charge in [-0.05, 0) is 36.4 Å². The van der Waals surface area contributed by atoms with Gasteiger partial charge >= 0.3 is 12.4 Å². The molecule has 4 rings (SSSR count). The van der Waals surface area contributed by atoms with Crippen LogP contribution in [0.2, 0.25) is 0 Å². The van der Waals surface area contributed by atoms with Gasteiger partial charge in [0, 0.05) is 36.2 Å². The molecule has 0 aliphatic rings. The number of halogens is 6. The molecule has 0 spiro atoms. The van der Waals surface area contributed by atoms with Gasteiger partial charge in [-0.3, -0.25) is 9.13 Å². The maximum atomic E-state index is 13.1. The van der Waals surface area contributed by atoms with Gasteiger partial charge in [0.15, 0.2) is 11.6 Å². The molecule has 0 N–H and O–H groups in total. The monoisotopic (exact) mass is 422 g/mol. The van der Waals surface area contributed by atoms with Gasteiger partial charge in [0.1, 0.15) is 0 Å². The number of hydrogen-bond acceptors (Lipinski definition) is 2. The Labute approximate surface area is 166 Å². The topological polar surface area (TPSA) is 35.6 Å². The van der Waals surface area contributed by atoms with E-state index in [4.69, 9.17) is 0 Å². The van der Waals surface area contributed by atoms with Crippen molar-refractivity contribution < 1.29 is 26.3 Å². The first-order valence-corrected chi connectivity index (χ1v) is 8.57. The molecule has 0 fully saturated rings. The fourth-order valence-electron chi connectivity index (χ4n) is 3.02. The smallest absolute Gasteiger partial charge is 0.297 e. The van der Waals surface area contributed by atoms with E-state index in [9.17, 15) is 26.3 Å². The van der Waals surface area contributed by atoms with E-state index in [0.29, 0.717) is 0 Å². The fraction of sp³-hybridized carbons (Fsp3) is 0.100. The van der Waals surface area contributed by atoms with E-state index in [2.05, 4.69) is 9.97 Å². The highest BCUT2D eigenvalue weighted by atomic mass is 19.4. The molecule has 10 heteroatoms. The van der Waals surface area contributed by atoms with E-state index >= 15 is 0 Å². The highest BCUT2D eigenvalue weighted by Crippen LogP contribution is 2.33. The average molecular weight is 422 g/mol. The summed E-state index contributed by atoms with van der Waals surface area (Å²) in [6, 6.07) is 9.29. The summed E-state index contributed by atoms with van der Waals surface area (Å²) in [7, 11) is 0. The summed E-state index contributed by atoms with van der Waals surface area (Å²) in [5, 5.41) is 0. The predicted molar refractivity (Wildman–Crippen MR) is 96.1 cm³/mol. The lowest BCUT2D eigenvalue weighted by molar-refractivity contribution is -0.138. The highest BCUT2D eigenvalue weighted by Gasteiger charge is 2.31. The van der Waals surface area contributed by atoms with E-state index in [1.807, 2.05) is 0 Å². The zero-order valence-electron chi connectivity index (χ0n) is 15.0. The minimum Gasteiger partial charge on any atom is -0.297 e. The molecule has 0 aliphatic carbocycles. The maximum absolute atomic E-state index is 13.1. The van der Waals surface area contributed by atoms with Crippen LogP contribution in [-0.2, 0) is 12.4 Å². The SMILES string of the molecule is FC(F)(F)c1cccc(-n2ccnc2-c2nccn2-c2cccc(C(F)(F)F)c2)c1. The number of benzene rings is 2. The van der Waals surface area contributed by atoms with Crippen molar-refractivity contribution in [3.63, 3.8) is 0 Å². The molecule has 2 aromatic heterocycles. The van der Waals surface area contributed by atoms with Crippen LogP contribution in [-0.4, -0.2) is 19.1 Å². The van der Waals surface area contributed by atoms with Crippen LogP contribution < -0.4 is 0 Å². The molecule has 0 saturated heterocycles. The normalized spacial score (nSPS) is 12.3. The standard InChI is InChI=1S/C20H12F6N4/c21-19(22,23)13-3-1-5-15(11-13)29-9-7-27-17(29)18-28-8-10-30(18)16-6-2-4-14(12-16)20(24,25)26/h1-12H. The zero-order valence-corrected chi connectivity index (χ0v) is 15.0. The lowest BCUT2D eigenvalue weighted by atomic mass is 10.2. The van der Waals surface area contributed by atoms with E-state index in [1.165, 1.54) is 58.2 Å². The second kappa shape index (κ2) is 7.05. The lowest BCUT2D eigenvalue weighted by Gasteiger charge is -2.13. The molecule has 2 aromatic carbocycles. The molecule has 4 nitrogen and oxygen atoms in total. The largest absolute Gasteiger partial charge is 0.416 e. The van der Waals surface area contributed by atoms with Crippen LogP contribution in [0, 0.1) is 0 Å². The molecule has 154 valence electrons. The lowest BCUT2D eigenvalue weighted by Crippen LogP contribution is -2.08. The Bertz CT molecular complexity index is 1090. The predicted octanol–water partition coefficient (Wildman–Crippen LogP) is 5.76. The van der Waals surface area contributed by atoms with Crippen LogP contribution in [0.1, 0.15) is 11.1 Å². The van der Waals surface area contributed by atoms with Gasteiger partial charge in [0.05, 0.1) is 11.1 Å². The number of aromatic nitrogens is 4. The average Bonchev–Trinajstić information content (AvgIpc) is 3.36. The van der Waals surface area contributed by atoms with Crippen LogP contribution in [0.3, 0.4) is 0 Å². The van der Waals surface area contributed by atoms with Crippen LogP contribution in [0.4, 0.5) is 26.3 Å². The number of nitrogens with zero attached hydrogens (tertiary/aromatic N) is 4. The van der Waals surface area contributed by atoms with Crippen molar-refractivity contribution in [2.45, 2.75) is 12.4 Å². The summed E-state index contributed by atoms with van der Waals surface area (Å²) in [5.74, 6) is 0.355. The quantitative estimate of drug-likeness (QED) is 0.394. The van der Waals surface area contributed by atoms with E-state index < -0.39 is 23.5 Å². The van der Waals surface area contributed by atoms with Gasteiger partial charge in [0.2, 0.25) is 0 Å². The number of rotatable bonds is 3. The van der Waals surface area contributed by atoms with Crippen LogP contribution in [0.25, 0.3) is 23.0 Å². The maximum Gasteiger partial charge on any atom is 0.416 e. The minimum atomic E-state index is -4.52. The highest BCUT2D eigenvalue weighted by molar-refractivity contribution is 5.55. The third kappa shape index (κ3) is 3.68. The van der Waals surface area contributed by atoms with Crippen molar-refractivity contribution in [3.8, 4) is 23.0 Å². The van der Waals surface area contributed by atoms with E-state index in [0.717, 1.165) is 24.3 Å². The molecule has 0 saturated carbocycles. The second-order valence-electron chi connectivity index (χ2n) is 6.34. The van der Waals surface area contributed by atoms with Crippen molar-refractivity contribution in [1.82, 2.24) is 19.1 Å². The Kier molecular flexibility index (Phi) is 4.64. The minimum absolute atomic E-state index is 0.178. The third-order valence-corrected chi connectivity index (χ3v) is 4.38.